The normalized spacial score (nSPS) is 15.1. The zero-order valence-electron chi connectivity index (χ0n) is 7.81. The van der Waals surface area contributed by atoms with Crippen LogP contribution in [0.3, 0.4) is 0 Å². The molecule has 1 unspecified atom stereocenters. The van der Waals surface area contributed by atoms with Crippen molar-refractivity contribution in [3.05, 3.63) is 35.6 Å². The highest BCUT2D eigenvalue weighted by Crippen LogP contribution is 2.45. The van der Waals surface area contributed by atoms with Crippen LogP contribution in [0.2, 0.25) is 0 Å². The Morgan fingerprint density at radius 3 is 2.71 bits per heavy atom. The van der Waals surface area contributed by atoms with Gasteiger partial charge in [-0.2, -0.15) is 0 Å². The maximum atomic E-state index is 13.1. The highest BCUT2D eigenvalue weighted by molar-refractivity contribution is 7.51. The number of hydrogen-bond acceptors (Lipinski definition) is 2. The topological polar surface area (TPSA) is 46.5 Å². The Kier molecular flexibility index (Phi) is 3.81. The van der Waals surface area contributed by atoms with Gasteiger partial charge in [-0.05, 0) is 18.6 Å². The van der Waals surface area contributed by atoms with E-state index < -0.39 is 13.4 Å². The molecule has 0 aromatic heterocycles. The van der Waals surface area contributed by atoms with Gasteiger partial charge in [-0.3, -0.25) is 4.57 Å². The van der Waals surface area contributed by atoms with E-state index >= 15 is 0 Å². The molecule has 0 amide bonds. The quantitative estimate of drug-likeness (QED) is 0.790. The molecule has 0 saturated carbocycles. The van der Waals surface area contributed by atoms with E-state index in [1.807, 2.05) is 0 Å². The molecule has 0 aliphatic heterocycles. The van der Waals surface area contributed by atoms with E-state index in [2.05, 4.69) is 4.52 Å². The Balaban J connectivity index is 2.78. The van der Waals surface area contributed by atoms with E-state index in [1.54, 1.807) is 13.0 Å². The molecule has 5 heteroatoms. The predicted molar refractivity (Wildman–Crippen MR) is 51.6 cm³/mol. The summed E-state index contributed by atoms with van der Waals surface area (Å²) in [6, 6.07) is 5.87. The Hall–Kier alpha value is -0.700. The molecule has 0 saturated heterocycles. The number of benzene rings is 1. The molecule has 0 heterocycles. The molecule has 0 aliphatic carbocycles. The van der Waals surface area contributed by atoms with Crippen LogP contribution in [-0.2, 0) is 15.3 Å². The van der Waals surface area contributed by atoms with Gasteiger partial charge in [0.15, 0.2) is 0 Å². The van der Waals surface area contributed by atoms with Crippen LogP contribution in [0, 0.1) is 5.82 Å². The average molecular weight is 218 g/mol. The lowest BCUT2D eigenvalue weighted by atomic mass is 10.2. The lowest BCUT2D eigenvalue weighted by Gasteiger charge is -2.10. The van der Waals surface area contributed by atoms with Crippen molar-refractivity contribution < 1.29 is 18.4 Å². The van der Waals surface area contributed by atoms with Crippen molar-refractivity contribution >= 4 is 7.60 Å². The van der Waals surface area contributed by atoms with Gasteiger partial charge in [0.1, 0.15) is 5.82 Å². The first-order valence-electron chi connectivity index (χ1n) is 4.25. The van der Waals surface area contributed by atoms with Crippen molar-refractivity contribution in [1.82, 2.24) is 0 Å². The molecule has 1 N–H and O–H groups in total. The summed E-state index contributed by atoms with van der Waals surface area (Å²) in [6.07, 6.45) is -0.284. The summed E-state index contributed by atoms with van der Waals surface area (Å²) in [5, 5.41) is 0. The molecule has 0 aliphatic rings. The Morgan fingerprint density at radius 1 is 1.50 bits per heavy atom. The molecular formula is C9H12FO3P. The highest BCUT2D eigenvalue weighted by atomic mass is 31.2. The van der Waals surface area contributed by atoms with E-state index in [-0.39, 0.29) is 18.3 Å². The van der Waals surface area contributed by atoms with Crippen LogP contribution >= 0.6 is 7.60 Å². The van der Waals surface area contributed by atoms with Crippen molar-refractivity contribution in [3.63, 3.8) is 0 Å². The van der Waals surface area contributed by atoms with Crippen LogP contribution < -0.4 is 0 Å². The van der Waals surface area contributed by atoms with Gasteiger partial charge in [0.05, 0.1) is 12.8 Å². The minimum atomic E-state index is -3.68. The van der Waals surface area contributed by atoms with Crippen LogP contribution in [0.1, 0.15) is 12.5 Å². The first-order chi connectivity index (χ1) is 6.55. The predicted octanol–water partition coefficient (Wildman–Crippen LogP) is 2.55. The highest BCUT2D eigenvalue weighted by Gasteiger charge is 2.20. The molecule has 1 atom stereocenters. The minimum Gasteiger partial charge on any atom is -0.324 e. The third-order valence-corrected chi connectivity index (χ3v) is 3.06. The van der Waals surface area contributed by atoms with Gasteiger partial charge in [0.2, 0.25) is 0 Å². The number of hydrogen-bond donors (Lipinski definition) is 1. The van der Waals surface area contributed by atoms with Gasteiger partial charge in [0.25, 0.3) is 0 Å². The van der Waals surface area contributed by atoms with E-state index in [1.165, 1.54) is 18.2 Å². The third kappa shape index (κ3) is 3.22. The Bertz CT molecular complexity index is 354. The summed E-state index contributed by atoms with van der Waals surface area (Å²) in [5.74, 6) is -0.485. The minimum absolute atomic E-state index is 0.141. The summed E-state index contributed by atoms with van der Waals surface area (Å²) in [7, 11) is -3.68. The van der Waals surface area contributed by atoms with Gasteiger partial charge >= 0.3 is 7.60 Å². The average Bonchev–Trinajstić information content (AvgIpc) is 2.08. The van der Waals surface area contributed by atoms with Gasteiger partial charge in [-0.15, -0.1) is 0 Å². The summed E-state index contributed by atoms with van der Waals surface area (Å²) in [4.78, 5) is 9.26. The van der Waals surface area contributed by atoms with Gasteiger partial charge in [-0.1, -0.05) is 18.2 Å². The van der Waals surface area contributed by atoms with Crippen molar-refractivity contribution in [2.45, 2.75) is 13.1 Å². The molecule has 14 heavy (non-hydrogen) atoms. The maximum Gasteiger partial charge on any atom is 0.332 e. The lowest BCUT2D eigenvalue weighted by molar-refractivity contribution is 0.272. The van der Waals surface area contributed by atoms with Crippen LogP contribution in [0.25, 0.3) is 0 Å². The molecule has 0 spiro atoms. The first kappa shape index (κ1) is 11.4. The summed E-state index contributed by atoms with van der Waals surface area (Å²) in [5.41, 5.74) is 0.201. The van der Waals surface area contributed by atoms with Crippen LogP contribution in [0.15, 0.2) is 24.3 Å². The monoisotopic (exact) mass is 218 g/mol. The number of halogens is 1. The molecule has 0 radical (unpaired) electrons. The van der Waals surface area contributed by atoms with Crippen LogP contribution in [-0.4, -0.2) is 11.5 Å². The van der Waals surface area contributed by atoms with Gasteiger partial charge < -0.3 is 9.42 Å². The fourth-order valence-corrected chi connectivity index (χ4v) is 2.27. The largest absolute Gasteiger partial charge is 0.332 e. The van der Waals surface area contributed by atoms with Crippen molar-refractivity contribution in [1.29, 1.82) is 0 Å². The summed E-state index contributed by atoms with van der Waals surface area (Å²) < 4.78 is 29.0. The van der Waals surface area contributed by atoms with Gasteiger partial charge in [-0.25, -0.2) is 4.39 Å². The SMILES string of the molecule is CCOP(=O)(O)Cc1ccccc1F. The second kappa shape index (κ2) is 4.69. The van der Waals surface area contributed by atoms with Crippen molar-refractivity contribution in [2.75, 3.05) is 6.61 Å². The third-order valence-electron chi connectivity index (χ3n) is 1.66. The first-order valence-corrected chi connectivity index (χ1v) is 6.01. The standard InChI is InChI=1S/C9H12FO3P/c1-2-13-14(11,12)7-8-5-3-4-6-9(8)10/h3-6H,2,7H2,1H3,(H,11,12). The zero-order valence-corrected chi connectivity index (χ0v) is 8.71. The fraction of sp³-hybridized carbons (Fsp3) is 0.333. The fourth-order valence-electron chi connectivity index (χ4n) is 1.09. The van der Waals surface area contributed by atoms with E-state index in [0.29, 0.717) is 0 Å². The summed E-state index contributed by atoms with van der Waals surface area (Å²) in [6.45, 7) is 1.76. The van der Waals surface area contributed by atoms with Crippen LogP contribution in [0.5, 0.6) is 0 Å². The Morgan fingerprint density at radius 2 is 2.14 bits per heavy atom. The van der Waals surface area contributed by atoms with Crippen molar-refractivity contribution in [2.24, 2.45) is 0 Å². The van der Waals surface area contributed by atoms with E-state index in [9.17, 15) is 13.8 Å². The molecule has 78 valence electrons. The second-order valence-electron chi connectivity index (χ2n) is 2.80. The molecule has 1 aromatic rings. The number of rotatable bonds is 4. The molecule has 0 bridgehead atoms. The molecule has 0 fully saturated rings. The molecule has 1 aromatic carbocycles. The molecular weight excluding hydrogens is 206 g/mol. The van der Waals surface area contributed by atoms with Crippen molar-refractivity contribution in [3.8, 4) is 0 Å². The van der Waals surface area contributed by atoms with Crippen LogP contribution in [0.4, 0.5) is 4.39 Å². The smallest absolute Gasteiger partial charge is 0.324 e. The molecule has 3 nitrogen and oxygen atoms in total. The Labute approximate surface area is 82.1 Å². The molecule has 1 rings (SSSR count). The van der Waals surface area contributed by atoms with E-state index in [0.717, 1.165) is 0 Å². The zero-order chi connectivity index (χ0) is 10.6. The van der Waals surface area contributed by atoms with Gasteiger partial charge in [0, 0.05) is 0 Å². The lowest BCUT2D eigenvalue weighted by Crippen LogP contribution is -1.95. The van der Waals surface area contributed by atoms with E-state index in [4.69, 9.17) is 0 Å². The second-order valence-corrected chi connectivity index (χ2v) is 4.65. The maximum absolute atomic E-state index is 13.1. The summed E-state index contributed by atoms with van der Waals surface area (Å²) >= 11 is 0.